The fourth-order valence-electron chi connectivity index (χ4n) is 5.34. The first-order valence-corrected chi connectivity index (χ1v) is 14.5. The summed E-state index contributed by atoms with van der Waals surface area (Å²) in [5, 5.41) is 13.2. The molecular weight excluding hydrogens is 518 g/mol. The van der Waals surface area contributed by atoms with E-state index in [1.54, 1.807) is 14.0 Å². The average molecular weight is 550 g/mol. The first-order valence-electron chi connectivity index (χ1n) is 12.4. The van der Waals surface area contributed by atoms with Crippen molar-refractivity contribution in [2.75, 3.05) is 20.8 Å². The zero-order chi connectivity index (χ0) is 26.4. The van der Waals surface area contributed by atoms with Gasteiger partial charge in [-0.25, -0.2) is 18.4 Å². The average Bonchev–Trinajstić information content (AvgIpc) is 3.41. The molecule has 13 heteroatoms. The highest BCUT2D eigenvalue weighted by molar-refractivity contribution is 7.91. The van der Waals surface area contributed by atoms with Crippen molar-refractivity contribution in [3.8, 4) is 11.5 Å². The number of aryl methyl sites for hydroxylation is 1. The Labute approximate surface area is 221 Å². The van der Waals surface area contributed by atoms with E-state index in [0.717, 1.165) is 44.2 Å². The van der Waals surface area contributed by atoms with Crippen LogP contribution < -0.4 is 0 Å². The number of fused-ring (bicyclic) bond motifs is 1. The Hall–Kier alpha value is -2.41. The second-order valence-electron chi connectivity index (χ2n) is 9.97. The van der Waals surface area contributed by atoms with E-state index in [2.05, 4.69) is 20.2 Å². The Kier molecular flexibility index (Phi) is 7.12. The van der Waals surface area contributed by atoms with Crippen LogP contribution in [0.25, 0.3) is 11.5 Å². The first-order chi connectivity index (χ1) is 17.7. The van der Waals surface area contributed by atoms with Crippen LogP contribution in [0, 0.1) is 0 Å². The third kappa shape index (κ3) is 4.80. The molecule has 0 bridgehead atoms. The van der Waals surface area contributed by atoms with Gasteiger partial charge in [0, 0.05) is 44.9 Å². The molecule has 2 aliphatic carbocycles. The zero-order valence-electron chi connectivity index (χ0n) is 21.5. The van der Waals surface area contributed by atoms with Crippen molar-refractivity contribution < 1.29 is 17.9 Å². The number of methoxy groups -OCH3 is 2. The lowest BCUT2D eigenvalue weighted by atomic mass is 9.95. The van der Waals surface area contributed by atoms with Crippen molar-refractivity contribution in [3.63, 3.8) is 0 Å². The van der Waals surface area contributed by atoms with E-state index >= 15 is 0 Å². The van der Waals surface area contributed by atoms with Crippen LogP contribution in [0.1, 0.15) is 61.6 Å². The zero-order valence-corrected chi connectivity index (χ0v) is 23.1. The maximum atomic E-state index is 13.7. The molecule has 0 aliphatic heterocycles. The van der Waals surface area contributed by atoms with Gasteiger partial charge >= 0.3 is 0 Å². The van der Waals surface area contributed by atoms with Crippen LogP contribution in [0.4, 0.5) is 0 Å². The Balaban J connectivity index is 1.53. The standard InChI is InChI=1S/C24H32ClN7O4S/c1-15(21(36-4)22-26-11-16(25)12-27-22)37(33,34)13-19-28-29-23(32(19)24(9-10-24)14-35-3)20-17-7-5-6-8-18(17)31(2)30-20/h11-12,15,21H,5-10,13-14H2,1-4H3/t15-,21-/m0/s1. The number of hydrogen-bond acceptors (Lipinski definition) is 9. The predicted molar refractivity (Wildman–Crippen MR) is 137 cm³/mol. The summed E-state index contributed by atoms with van der Waals surface area (Å²) in [6.07, 6.45) is 7.80. The van der Waals surface area contributed by atoms with Gasteiger partial charge in [-0.3, -0.25) is 4.68 Å². The van der Waals surface area contributed by atoms with E-state index in [9.17, 15) is 8.42 Å². The molecule has 0 unspecified atom stereocenters. The van der Waals surface area contributed by atoms with Gasteiger partial charge in [0.05, 0.1) is 22.4 Å². The van der Waals surface area contributed by atoms with Crippen LogP contribution >= 0.6 is 11.6 Å². The number of halogens is 1. The summed E-state index contributed by atoms with van der Waals surface area (Å²) in [7, 11) is 1.28. The summed E-state index contributed by atoms with van der Waals surface area (Å²) in [5.41, 5.74) is 2.78. The molecule has 1 saturated carbocycles. The van der Waals surface area contributed by atoms with E-state index in [0.29, 0.717) is 23.3 Å². The minimum absolute atomic E-state index is 0.253. The van der Waals surface area contributed by atoms with Crippen molar-refractivity contribution in [2.24, 2.45) is 7.05 Å². The Morgan fingerprint density at radius 1 is 1.14 bits per heavy atom. The van der Waals surface area contributed by atoms with E-state index in [1.165, 1.54) is 30.8 Å². The third-order valence-corrected chi connectivity index (χ3v) is 9.73. The summed E-state index contributed by atoms with van der Waals surface area (Å²) in [5.74, 6) is 0.923. The van der Waals surface area contributed by atoms with Gasteiger partial charge in [-0.15, -0.1) is 10.2 Å². The number of ether oxygens (including phenoxy) is 2. The number of hydrogen-bond donors (Lipinski definition) is 0. The molecule has 0 N–H and O–H groups in total. The number of rotatable bonds is 10. The normalized spacial score (nSPS) is 18.4. The predicted octanol–water partition coefficient (Wildman–Crippen LogP) is 2.83. The highest BCUT2D eigenvalue weighted by Gasteiger charge is 2.49. The molecule has 2 atom stereocenters. The first kappa shape index (κ1) is 26.2. The molecule has 0 aromatic carbocycles. The SMILES string of the molecule is COCC1(n2c(CS(=O)(=O)[C@@H](C)[C@H](OC)c3ncc(Cl)cn3)nnc2-c2nn(C)c3c2CCCC3)CC1. The molecular formula is C24H32ClN7O4S. The van der Waals surface area contributed by atoms with Crippen LogP contribution in [0.3, 0.4) is 0 Å². The van der Waals surface area contributed by atoms with Gasteiger partial charge in [0.25, 0.3) is 0 Å². The highest BCUT2D eigenvalue weighted by atomic mass is 35.5. The van der Waals surface area contributed by atoms with Crippen LogP contribution in [-0.2, 0) is 50.5 Å². The summed E-state index contributed by atoms with van der Waals surface area (Å²) in [4.78, 5) is 8.35. The molecule has 0 saturated heterocycles. The highest BCUT2D eigenvalue weighted by Crippen LogP contribution is 2.47. The lowest BCUT2D eigenvalue weighted by Crippen LogP contribution is -2.32. The summed E-state index contributed by atoms with van der Waals surface area (Å²) in [6.45, 7) is 2.04. The van der Waals surface area contributed by atoms with Gasteiger partial charge in [-0.1, -0.05) is 11.6 Å². The topological polar surface area (TPSA) is 127 Å². The van der Waals surface area contributed by atoms with Gasteiger partial charge in [0.2, 0.25) is 0 Å². The van der Waals surface area contributed by atoms with Crippen molar-refractivity contribution in [2.45, 2.75) is 68.1 Å². The Morgan fingerprint density at radius 2 is 1.84 bits per heavy atom. The van der Waals surface area contributed by atoms with E-state index in [1.807, 2.05) is 16.3 Å². The van der Waals surface area contributed by atoms with Crippen LogP contribution in [0.2, 0.25) is 5.02 Å². The molecule has 3 aromatic heterocycles. The van der Waals surface area contributed by atoms with Crippen molar-refractivity contribution in [3.05, 3.63) is 40.3 Å². The van der Waals surface area contributed by atoms with Gasteiger partial charge in [0.1, 0.15) is 23.4 Å². The summed E-state index contributed by atoms with van der Waals surface area (Å²) >= 11 is 5.91. The van der Waals surface area contributed by atoms with E-state index in [4.69, 9.17) is 26.2 Å². The quantitative estimate of drug-likeness (QED) is 0.375. The van der Waals surface area contributed by atoms with Gasteiger partial charge in [-0.2, -0.15) is 5.10 Å². The number of nitrogens with zero attached hydrogens (tertiary/aromatic N) is 7. The molecule has 5 rings (SSSR count). The second-order valence-corrected chi connectivity index (χ2v) is 12.8. The van der Waals surface area contributed by atoms with Crippen LogP contribution in [0.5, 0.6) is 0 Å². The van der Waals surface area contributed by atoms with Crippen LogP contribution in [-0.4, -0.2) is 69.0 Å². The second kappa shape index (κ2) is 10.0. The Bertz CT molecular complexity index is 1380. The Morgan fingerprint density at radius 3 is 2.49 bits per heavy atom. The third-order valence-electron chi connectivity index (χ3n) is 7.49. The number of aromatic nitrogens is 7. The summed E-state index contributed by atoms with van der Waals surface area (Å²) < 4.78 is 42.4. The molecule has 1 fully saturated rings. The monoisotopic (exact) mass is 549 g/mol. The minimum atomic E-state index is -3.76. The largest absolute Gasteiger partial charge is 0.382 e. The molecule has 11 nitrogen and oxygen atoms in total. The molecule has 3 aromatic rings. The lowest BCUT2D eigenvalue weighted by molar-refractivity contribution is 0.0948. The molecule has 37 heavy (non-hydrogen) atoms. The van der Waals surface area contributed by atoms with Gasteiger partial charge in [-0.05, 0) is 45.4 Å². The van der Waals surface area contributed by atoms with Gasteiger partial charge in [0.15, 0.2) is 21.5 Å². The van der Waals surface area contributed by atoms with Crippen LogP contribution in [0.15, 0.2) is 12.4 Å². The fraction of sp³-hybridized carbons (Fsp3) is 0.625. The molecule has 2 aliphatic rings. The fourth-order valence-corrected chi connectivity index (χ4v) is 6.85. The van der Waals surface area contributed by atoms with Crippen molar-refractivity contribution in [1.29, 1.82) is 0 Å². The van der Waals surface area contributed by atoms with Crippen molar-refractivity contribution >= 4 is 21.4 Å². The maximum Gasteiger partial charge on any atom is 0.185 e. The molecule has 200 valence electrons. The summed E-state index contributed by atoms with van der Waals surface area (Å²) in [6, 6.07) is 0. The van der Waals surface area contributed by atoms with Gasteiger partial charge < -0.3 is 14.0 Å². The van der Waals surface area contributed by atoms with Crippen molar-refractivity contribution in [1.82, 2.24) is 34.5 Å². The van der Waals surface area contributed by atoms with E-state index in [-0.39, 0.29) is 17.1 Å². The lowest BCUT2D eigenvalue weighted by Gasteiger charge is -2.24. The molecule has 3 heterocycles. The molecule has 0 radical (unpaired) electrons. The van der Waals surface area contributed by atoms with E-state index < -0.39 is 21.2 Å². The number of sulfone groups is 1. The molecule has 0 spiro atoms. The molecule has 0 amide bonds. The maximum absolute atomic E-state index is 13.7. The minimum Gasteiger partial charge on any atom is -0.382 e. The smallest absolute Gasteiger partial charge is 0.185 e.